The van der Waals surface area contributed by atoms with Crippen LogP contribution in [0.25, 0.3) is 0 Å². The van der Waals surface area contributed by atoms with E-state index in [9.17, 15) is 14.7 Å². The number of benzene rings is 1. The van der Waals surface area contributed by atoms with E-state index in [4.69, 9.17) is 4.74 Å². The van der Waals surface area contributed by atoms with Crippen LogP contribution in [0, 0.1) is 19.8 Å². The van der Waals surface area contributed by atoms with E-state index in [2.05, 4.69) is 4.74 Å². The maximum atomic E-state index is 12.5. The summed E-state index contributed by atoms with van der Waals surface area (Å²) in [7, 11) is 1.31. The number of ether oxygens (including phenoxy) is 2. The van der Waals surface area contributed by atoms with Gasteiger partial charge in [-0.05, 0) is 31.9 Å². The highest BCUT2D eigenvalue weighted by molar-refractivity contribution is 5.79. The number of hydrogen-bond donors (Lipinski definition) is 1. The van der Waals surface area contributed by atoms with Crippen LogP contribution in [0.2, 0.25) is 0 Å². The SMILES string of the molecule is COC(=O)C(C)CN(CC(C)O)C(=O)COc1c(C)cccc1C. The summed E-state index contributed by atoms with van der Waals surface area (Å²) in [6.45, 7) is 7.27. The van der Waals surface area contributed by atoms with Crippen molar-refractivity contribution in [3.63, 3.8) is 0 Å². The Labute approximate surface area is 143 Å². The van der Waals surface area contributed by atoms with Crippen molar-refractivity contribution in [2.24, 2.45) is 5.92 Å². The summed E-state index contributed by atoms with van der Waals surface area (Å²) in [4.78, 5) is 25.5. The Morgan fingerprint density at radius 3 is 2.25 bits per heavy atom. The molecule has 2 unspecified atom stereocenters. The highest BCUT2D eigenvalue weighted by atomic mass is 16.5. The van der Waals surface area contributed by atoms with Crippen molar-refractivity contribution in [1.29, 1.82) is 0 Å². The van der Waals surface area contributed by atoms with Crippen molar-refractivity contribution >= 4 is 11.9 Å². The standard InChI is InChI=1S/C18H27NO5/c1-12-7-6-8-13(2)17(12)24-11-16(21)19(10-15(4)20)9-14(3)18(22)23-5/h6-8,14-15,20H,9-11H2,1-5H3. The lowest BCUT2D eigenvalue weighted by Gasteiger charge is -2.26. The van der Waals surface area contributed by atoms with E-state index in [1.807, 2.05) is 32.0 Å². The largest absolute Gasteiger partial charge is 0.483 e. The molecule has 0 aliphatic rings. The van der Waals surface area contributed by atoms with Gasteiger partial charge in [0.25, 0.3) is 5.91 Å². The van der Waals surface area contributed by atoms with Gasteiger partial charge < -0.3 is 19.5 Å². The minimum absolute atomic E-state index is 0.135. The molecule has 1 rings (SSSR count). The van der Waals surface area contributed by atoms with Crippen LogP contribution in [-0.2, 0) is 14.3 Å². The molecule has 0 aliphatic carbocycles. The Morgan fingerprint density at radius 2 is 1.75 bits per heavy atom. The number of hydrogen-bond acceptors (Lipinski definition) is 5. The number of aryl methyl sites for hydroxylation is 2. The molecule has 2 atom stereocenters. The highest BCUT2D eigenvalue weighted by Crippen LogP contribution is 2.22. The van der Waals surface area contributed by atoms with E-state index < -0.39 is 18.0 Å². The van der Waals surface area contributed by atoms with Gasteiger partial charge in [-0.1, -0.05) is 25.1 Å². The number of para-hydroxylation sites is 1. The van der Waals surface area contributed by atoms with Gasteiger partial charge in [0, 0.05) is 13.1 Å². The van der Waals surface area contributed by atoms with Gasteiger partial charge in [-0.2, -0.15) is 0 Å². The van der Waals surface area contributed by atoms with Crippen LogP contribution in [0.1, 0.15) is 25.0 Å². The van der Waals surface area contributed by atoms with Gasteiger partial charge >= 0.3 is 5.97 Å². The molecule has 1 aromatic rings. The molecule has 1 amide bonds. The molecule has 6 nitrogen and oxygen atoms in total. The molecular weight excluding hydrogens is 310 g/mol. The number of nitrogens with zero attached hydrogens (tertiary/aromatic N) is 1. The third kappa shape index (κ3) is 5.85. The predicted octanol–water partition coefficient (Wildman–Crippen LogP) is 1.70. The number of aliphatic hydroxyl groups is 1. The zero-order valence-corrected chi connectivity index (χ0v) is 15.0. The number of amides is 1. The van der Waals surface area contributed by atoms with Gasteiger partial charge in [0.2, 0.25) is 0 Å². The number of rotatable bonds is 8. The number of aliphatic hydroxyl groups excluding tert-OH is 1. The lowest BCUT2D eigenvalue weighted by atomic mass is 10.1. The van der Waals surface area contributed by atoms with Crippen molar-refractivity contribution in [1.82, 2.24) is 4.90 Å². The van der Waals surface area contributed by atoms with Crippen molar-refractivity contribution in [2.75, 3.05) is 26.8 Å². The molecule has 0 saturated heterocycles. The molecule has 0 bridgehead atoms. The molecule has 0 spiro atoms. The quantitative estimate of drug-likeness (QED) is 0.731. The smallest absolute Gasteiger partial charge is 0.310 e. The number of methoxy groups -OCH3 is 1. The third-order valence-corrected chi connectivity index (χ3v) is 3.68. The molecule has 0 heterocycles. The summed E-state index contributed by atoms with van der Waals surface area (Å²) < 4.78 is 10.4. The summed E-state index contributed by atoms with van der Waals surface area (Å²) >= 11 is 0. The van der Waals surface area contributed by atoms with E-state index in [1.165, 1.54) is 12.0 Å². The second-order valence-electron chi connectivity index (χ2n) is 6.08. The monoisotopic (exact) mass is 337 g/mol. The van der Waals surface area contributed by atoms with Crippen molar-refractivity contribution < 1.29 is 24.2 Å². The molecule has 6 heteroatoms. The Morgan fingerprint density at radius 1 is 1.17 bits per heavy atom. The van der Waals surface area contributed by atoms with E-state index in [-0.39, 0.29) is 25.6 Å². The number of esters is 1. The van der Waals surface area contributed by atoms with Gasteiger partial charge in [0.05, 0.1) is 19.1 Å². The molecule has 0 saturated carbocycles. The molecule has 0 aromatic heterocycles. The van der Waals surface area contributed by atoms with Gasteiger partial charge in [-0.3, -0.25) is 9.59 Å². The number of carbonyl (C=O) groups is 2. The Kier molecular flexibility index (Phi) is 7.71. The molecule has 1 N–H and O–H groups in total. The molecular formula is C18H27NO5. The van der Waals surface area contributed by atoms with Crippen LogP contribution >= 0.6 is 0 Å². The van der Waals surface area contributed by atoms with E-state index >= 15 is 0 Å². The fourth-order valence-corrected chi connectivity index (χ4v) is 2.46. The first-order valence-corrected chi connectivity index (χ1v) is 7.99. The third-order valence-electron chi connectivity index (χ3n) is 3.68. The maximum absolute atomic E-state index is 12.5. The van der Waals surface area contributed by atoms with E-state index in [1.54, 1.807) is 13.8 Å². The van der Waals surface area contributed by atoms with Crippen LogP contribution in [-0.4, -0.2) is 54.8 Å². The highest BCUT2D eigenvalue weighted by Gasteiger charge is 2.23. The molecule has 134 valence electrons. The first-order valence-electron chi connectivity index (χ1n) is 7.99. The Bertz CT molecular complexity index is 550. The molecule has 1 aromatic carbocycles. The van der Waals surface area contributed by atoms with E-state index in [0.29, 0.717) is 5.75 Å². The van der Waals surface area contributed by atoms with Crippen LogP contribution in [0.4, 0.5) is 0 Å². The maximum Gasteiger partial charge on any atom is 0.310 e. The van der Waals surface area contributed by atoms with Crippen molar-refractivity contribution in [3.05, 3.63) is 29.3 Å². The first-order chi connectivity index (χ1) is 11.3. The van der Waals surface area contributed by atoms with E-state index in [0.717, 1.165) is 11.1 Å². The lowest BCUT2D eigenvalue weighted by Crippen LogP contribution is -2.43. The van der Waals surface area contributed by atoms with Crippen LogP contribution in [0.15, 0.2) is 18.2 Å². The Balaban J connectivity index is 2.75. The summed E-state index contributed by atoms with van der Waals surface area (Å²) in [5, 5.41) is 9.60. The fraction of sp³-hybridized carbons (Fsp3) is 0.556. The molecule has 0 fully saturated rings. The summed E-state index contributed by atoms with van der Waals surface area (Å²) in [6, 6.07) is 5.76. The van der Waals surface area contributed by atoms with Crippen molar-refractivity contribution in [3.8, 4) is 5.75 Å². The average Bonchev–Trinajstić information content (AvgIpc) is 2.52. The Hall–Kier alpha value is -2.08. The average molecular weight is 337 g/mol. The molecule has 0 radical (unpaired) electrons. The van der Waals surface area contributed by atoms with Crippen LogP contribution in [0.3, 0.4) is 0 Å². The first kappa shape index (κ1) is 20.0. The summed E-state index contributed by atoms with van der Waals surface area (Å²) in [6.07, 6.45) is -0.695. The summed E-state index contributed by atoms with van der Waals surface area (Å²) in [5.74, 6) is -0.467. The normalized spacial score (nSPS) is 13.1. The zero-order valence-electron chi connectivity index (χ0n) is 15.0. The minimum Gasteiger partial charge on any atom is -0.483 e. The minimum atomic E-state index is -0.695. The lowest BCUT2D eigenvalue weighted by molar-refractivity contribution is -0.147. The van der Waals surface area contributed by atoms with Crippen LogP contribution in [0.5, 0.6) is 5.75 Å². The van der Waals surface area contributed by atoms with Gasteiger partial charge in [-0.25, -0.2) is 0 Å². The predicted molar refractivity (Wildman–Crippen MR) is 90.9 cm³/mol. The van der Waals surface area contributed by atoms with Gasteiger partial charge in [0.1, 0.15) is 5.75 Å². The second kappa shape index (κ2) is 9.27. The molecule has 24 heavy (non-hydrogen) atoms. The topological polar surface area (TPSA) is 76.1 Å². The fourth-order valence-electron chi connectivity index (χ4n) is 2.46. The number of carbonyl (C=O) groups excluding carboxylic acids is 2. The second-order valence-corrected chi connectivity index (χ2v) is 6.08. The van der Waals surface area contributed by atoms with Gasteiger partial charge in [-0.15, -0.1) is 0 Å². The molecule has 0 aliphatic heterocycles. The summed E-state index contributed by atoms with van der Waals surface area (Å²) in [5.41, 5.74) is 1.90. The van der Waals surface area contributed by atoms with Crippen molar-refractivity contribution in [2.45, 2.75) is 33.8 Å². The zero-order chi connectivity index (χ0) is 18.3. The van der Waals surface area contributed by atoms with Crippen LogP contribution < -0.4 is 4.74 Å². The van der Waals surface area contributed by atoms with Gasteiger partial charge in [0.15, 0.2) is 6.61 Å².